The molecule has 0 spiro atoms. The van der Waals surface area contributed by atoms with Gasteiger partial charge in [0.05, 0.1) is 35.0 Å². The number of halogens is 5. The van der Waals surface area contributed by atoms with Gasteiger partial charge in [-0.2, -0.15) is 5.26 Å². The molecule has 5 nitrogen and oxygen atoms in total. The Labute approximate surface area is 237 Å². The standard InChI is InChI=1S/C32H23F5N4O/c33-17-32(8-9-32)18-41-29-7-6-22(34)13-28(29)39-30(41)12-21-11-26(37)23(14-25(21)36)27-2-1-3-31(40-27)42-16-20-5-4-19(15-38)10-24(20)35/h1-7,10-11,13-14H,8-9,12,16-18H2. The van der Waals surface area contributed by atoms with Crippen LogP contribution in [0.1, 0.15) is 35.4 Å². The Bertz CT molecular complexity index is 1860. The van der Waals surface area contributed by atoms with Gasteiger partial charge in [-0.1, -0.05) is 12.1 Å². The van der Waals surface area contributed by atoms with Crippen molar-refractivity contribution >= 4 is 11.0 Å². The molecule has 0 N–H and O–H groups in total. The van der Waals surface area contributed by atoms with E-state index < -0.39 is 35.4 Å². The molecule has 0 radical (unpaired) electrons. The van der Waals surface area contributed by atoms with Crippen LogP contribution in [0.4, 0.5) is 22.0 Å². The van der Waals surface area contributed by atoms with Crippen LogP contribution < -0.4 is 4.74 Å². The summed E-state index contributed by atoms with van der Waals surface area (Å²) in [6.07, 6.45) is 1.33. The summed E-state index contributed by atoms with van der Waals surface area (Å²) < 4.78 is 79.9. The molecule has 6 rings (SSSR count). The molecule has 1 aliphatic rings. The van der Waals surface area contributed by atoms with Crippen molar-refractivity contribution in [2.24, 2.45) is 5.41 Å². The number of alkyl halides is 1. The third-order valence-electron chi connectivity index (χ3n) is 7.57. The molecule has 0 amide bonds. The molecule has 0 bridgehead atoms. The van der Waals surface area contributed by atoms with Crippen LogP contribution in [0.2, 0.25) is 0 Å². The van der Waals surface area contributed by atoms with E-state index in [1.165, 1.54) is 36.4 Å². The molecule has 1 aliphatic carbocycles. The number of rotatable bonds is 9. The van der Waals surface area contributed by atoms with Crippen LogP contribution in [0.5, 0.6) is 5.88 Å². The smallest absolute Gasteiger partial charge is 0.214 e. The molecule has 0 unspecified atom stereocenters. The maximum atomic E-state index is 15.4. The monoisotopic (exact) mass is 574 g/mol. The molecule has 42 heavy (non-hydrogen) atoms. The highest BCUT2D eigenvalue weighted by atomic mass is 19.1. The Balaban J connectivity index is 1.26. The van der Waals surface area contributed by atoms with E-state index in [1.807, 2.05) is 6.07 Å². The number of hydrogen-bond donors (Lipinski definition) is 0. The SMILES string of the molecule is N#Cc1ccc(COc2cccc(-c3cc(F)c(Cc4nc5cc(F)ccc5n4CC4(CF)CC4)cc3F)n2)c(F)c1. The van der Waals surface area contributed by atoms with Crippen molar-refractivity contribution in [3.63, 3.8) is 0 Å². The summed E-state index contributed by atoms with van der Waals surface area (Å²) in [6.45, 7) is -0.381. The zero-order valence-electron chi connectivity index (χ0n) is 22.2. The van der Waals surface area contributed by atoms with E-state index in [1.54, 1.807) is 16.7 Å². The van der Waals surface area contributed by atoms with Gasteiger partial charge in [0.1, 0.15) is 35.7 Å². The minimum Gasteiger partial charge on any atom is -0.473 e. The number of fused-ring (bicyclic) bond motifs is 1. The van der Waals surface area contributed by atoms with Crippen LogP contribution in [0.3, 0.4) is 0 Å². The first-order valence-corrected chi connectivity index (χ1v) is 13.2. The van der Waals surface area contributed by atoms with Gasteiger partial charge >= 0.3 is 0 Å². The van der Waals surface area contributed by atoms with E-state index in [0.717, 1.165) is 18.2 Å². The number of pyridine rings is 1. The molecule has 0 atom stereocenters. The van der Waals surface area contributed by atoms with Crippen molar-refractivity contribution in [1.29, 1.82) is 5.26 Å². The molecule has 5 aromatic rings. The number of nitriles is 1. The number of nitrogens with zero attached hydrogens (tertiary/aromatic N) is 4. The lowest BCUT2D eigenvalue weighted by Gasteiger charge is -2.16. The topological polar surface area (TPSA) is 63.7 Å². The second kappa shape index (κ2) is 10.9. The minimum absolute atomic E-state index is 0.0297. The number of imidazole rings is 1. The molecule has 212 valence electrons. The number of aromatic nitrogens is 3. The Kier molecular flexibility index (Phi) is 7.11. The average Bonchev–Trinajstić information content (AvgIpc) is 3.69. The molecule has 3 aromatic carbocycles. The van der Waals surface area contributed by atoms with Crippen molar-refractivity contribution in [1.82, 2.24) is 14.5 Å². The van der Waals surface area contributed by atoms with Gasteiger partial charge in [-0.15, -0.1) is 0 Å². The van der Waals surface area contributed by atoms with Crippen LogP contribution >= 0.6 is 0 Å². The summed E-state index contributed by atoms with van der Waals surface area (Å²) in [6, 6.07) is 16.6. The lowest BCUT2D eigenvalue weighted by Crippen LogP contribution is -2.16. The average molecular weight is 575 g/mol. The molecule has 2 aromatic heterocycles. The molecular formula is C32H23F5N4O. The predicted molar refractivity (Wildman–Crippen MR) is 145 cm³/mol. The van der Waals surface area contributed by atoms with E-state index in [9.17, 15) is 13.2 Å². The fourth-order valence-electron chi connectivity index (χ4n) is 4.93. The third-order valence-corrected chi connectivity index (χ3v) is 7.57. The molecule has 0 aliphatic heterocycles. The van der Waals surface area contributed by atoms with Crippen LogP contribution in [-0.4, -0.2) is 21.2 Å². The van der Waals surface area contributed by atoms with Gasteiger partial charge in [0.25, 0.3) is 0 Å². The third kappa shape index (κ3) is 5.42. The highest BCUT2D eigenvalue weighted by Crippen LogP contribution is 2.48. The van der Waals surface area contributed by atoms with Gasteiger partial charge in [-0.3, -0.25) is 4.39 Å². The summed E-state index contributed by atoms with van der Waals surface area (Å²) in [5.41, 5.74) is 0.861. The molecule has 0 saturated heterocycles. The fraction of sp³-hybridized carbons (Fsp3) is 0.219. The highest BCUT2D eigenvalue weighted by molar-refractivity contribution is 5.76. The van der Waals surface area contributed by atoms with E-state index in [-0.39, 0.29) is 46.9 Å². The van der Waals surface area contributed by atoms with Crippen LogP contribution in [0.15, 0.2) is 66.7 Å². The van der Waals surface area contributed by atoms with Gasteiger partial charge in [-0.05, 0) is 60.9 Å². The predicted octanol–water partition coefficient (Wildman–Crippen LogP) is 7.45. The second-order valence-corrected chi connectivity index (χ2v) is 10.5. The van der Waals surface area contributed by atoms with E-state index in [0.29, 0.717) is 36.2 Å². The zero-order valence-corrected chi connectivity index (χ0v) is 22.2. The molecular weight excluding hydrogens is 551 g/mol. The van der Waals surface area contributed by atoms with Crippen LogP contribution in [0.25, 0.3) is 22.3 Å². The van der Waals surface area contributed by atoms with Crippen LogP contribution in [-0.2, 0) is 19.6 Å². The Morgan fingerprint density at radius 2 is 1.69 bits per heavy atom. The second-order valence-electron chi connectivity index (χ2n) is 10.5. The lowest BCUT2D eigenvalue weighted by molar-refractivity contribution is 0.288. The van der Waals surface area contributed by atoms with Gasteiger partial charge in [0, 0.05) is 41.6 Å². The Hall–Kier alpha value is -4.78. The van der Waals surface area contributed by atoms with Crippen molar-refractivity contribution in [3.8, 4) is 23.2 Å². The van der Waals surface area contributed by atoms with E-state index in [4.69, 9.17) is 10.00 Å². The number of hydrogen-bond acceptors (Lipinski definition) is 4. The van der Waals surface area contributed by atoms with Gasteiger partial charge in [-0.25, -0.2) is 27.5 Å². The van der Waals surface area contributed by atoms with Crippen molar-refractivity contribution < 1.29 is 26.7 Å². The Morgan fingerprint density at radius 3 is 2.43 bits per heavy atom. The summed E-state index contributed by atoms with van der Waals surface area (Å²) in [7, 11) is 0. The molecule has 1 fully saturated rings. The van der Waals surface area contributed by atoms with Crippen molar-refractivity contribution in [3.05, 3.63) is 113 Å². The van der Waals surface area contributed by atoms with E-state index >= 15 is 8.78 Å². The molecule has 2 heterocycles. The van der Waals surface area contributed by atoms with Crippen LogP contribution in [0, 0.1) is 40.0 Å². The maximum absolute atomic E-state index is 15.4. The van der Waals surface area contributed by atoms with Gasteiger partial charge in [0.15, 0.2) is 0 Å². The van der Waals surface area contributed by atoms with E-state index in [2.05, 4.69) is 9.97 Å². The number of benzene rings is 3. The van der Waals surface area contributed by atoms with Gasteiger partial charge in [0.2, 0.25) is 5.88 Å². The molecule has 1 saturated carbocycles. The fourth-order valence-corrected chi connectivity index (χ4v) is 4.93. The first-order valence-electron chi connectivity index (χ1n) is 13.2. The summed E-state index contributed by atoms with van der Waals surface area (Å²) in [5, 5.41) is 8.89. The first-order chi connectivity index (χ1) is 20.3. The largest absolute Gasteiger partial charge is 0.473 e. The Morgan fingerprint density at radius 1 is 0.881 bits per heavy atom. The summed E-state index contributed by atoms with van der Waals surface area (Å²) in [5.74, 6) is -2.06. The number of ether oxygens (including phenoxy) is 1. The summed E-state index contributed by atoms with van der Waals surface area (Å²) >= 11 is 0. The quantitative estimate of drug-likeness (QED) is 0.172. The van der Waals surface area contributed by atoms with Gasteiger partial charge < -0.3 is 9.30 Å². The zero-order chi connectivity index (χ0) is 29.4. The van der Waals surface area contributed by atoms with Crippen molar-refractivity contribution in [2.45, 2.75) is 32.4 Å². The first kappa shape index (κ1) is 27.4. The molecule has 10 heteroatoms. The minimum atomic E-state index is -0.731. The normalized spacial score (nSPS) is 13.7. The lowest BCUT2D eigenvalue weighted by atomic mass is 10.0. The summed E-state index contributed by atoms with van der Waals surface area (Å²) in [4.78, 5) is 8.73. The maximum Gasteiger partial charge on any atom is 0.214 e. The highest BCUT2D eigenvalue weighted by Gasteiger charge is 2.43. The van der Waals surface area contributed by atoms with Crippen molar-refractivity contribution in [2.75, 3.05) is 6.67 Å².